The number of hydrogen-bond acceptors (Lipinski definition) is 3. The number of anilines is 1. The summed E-state index contributed by atoms with van der Waals surface area (Å²) in [5.74, 6) is -4.22. The summed E-state index contributed by atoms with van der Waals surface area (Å²) in [7, 11) is 1.69. The average molecular weight is 312 g/mol. The molecule has 1 N–H and O–H groups in total. The summed E-state index contributed by atoms with van der Waals surface area (Å²) in [5, 5.41) is 2.25. The molecule has 0 spiro atoms. The van der Waals surface area contributed by atoms with Crippen LogP contribution in [-0.4, -0.2) is 23.9 Å². The number of halogens is 3. The number of carbonyl (C=O) groups excluding carboxylic acids is 1. The third kappa shape index (κ3) is 3.48. The lowest BCUT2D eigenvalue weighted by Crippen LogP contribution is -2.39. The van der Waals surface area contributed by atoms with Gasteiger partial charge in [0, 0.05) is 0 Å². The lowest BCUT2D eigenvalue weighted by Gasteiger charge is -2.23. The monoisotopic (exact) mass is 312 g/mol. The van der Waals surface area contributed by atoms with E-state index in [1.165, 1.54) is 6.26 Å². The van der Waals surface area contributed by atoms with Gasteiger partial charge in [-0.05, 0) is 38.2 Å². The van der Waals surface area contributed by atoms with Crippen molar-refractivity contribution in [3.63, 3.8) is 0 Å². The molecule has 118 valence electrons. The summed E-state index contributed by atoms with van der Waals surface area (Å²) in [6.07, 6.45) is 1.52. The molecule has 1 aromatic carbocycles. The molecule has 1 aromatic heterocycles. The van der Waals surface area contributed by atoms with Crippen LogP contribution in [0.25, 0.3) is 0 Å². The molecule has 0 aliphatic carbocycles. The van der Waals surface area contributed by atoms with Crippen molar-refractivity contribution in [2.75, 3.05) is 12.4 Å². The zero-order valence-electron chi connectivity index (χ0n) is 12.1. The topological polar surface area (TPSA) is 45.5 Å². The summed E-state index contributed by atoms with van der Waals surface area (Å²) in [6, 6.07) is 4.59. The van der Waals surface area contributed by atoms with Crippen molar-refractivity contribution in [2.24, 2.45) is 0 Å². The van der Waals surface area contributed by atoms with Crippen molar-refractivity contribution in [1.29, 1.82) is 0 Å². The summed E-state index contributed by atoms with van der Waals surface area (Å²) < 4.78 is 44.7. The maximum Gasteiger partial charge on any atom is 0.241 e. The van der Waals surface area contributed by atoms with Gasteiger partial charge in [-0.15, -0.1) is 0 Å². The van der Waals surface area contributed by atoms with Crippen molar-refractivity contribution < 1.29 is 22.4 Å². The molecular weight excluding hydrogens is 297 g/mol. The molecule has 0 bridgehead atoms. The molecule has 0 aliphatic heterocycles. The zero-order chi connectivity index (χ0) is 16.3. The molecule has 1 heterocycles. The third-order valence-electron chi connectivity index (χ3n) is 3.32. The fraction of sp³-hybridized carbons (Fsp3) is 0.267. The highest BCUT2D eigenvalue weighted by atomic mass is 19.2. The highest BCUT2D eigenvalue weighted by molar-refractivity contribution is 5.94. The Kier molecular flexibility index (Phi) is 4.87. The van der Waals surface area contributed by atoms with E-state index in [1.54, 1.807) is 31.0 Å². The normalized spacial score (nSPS) is 12.5. The lowest BCUT2D eigenvalue weighted by molar-refractivity contribution is -0.120. The molecule has 1 atom stereocenters. The Balaban J connectivity index is 2.03. The van der Waals surface area contributed by atoms with Gasteiger partial charge in [0.15, 0.2) is 17.5 Å². The molecule has 0 saturated heterocycles. The Morgan fingerprint density at radius 3 is 2.64 bits per heavy atom. The average Bonchev–Trinajstić information content (AvgIpc) is 2.99. The van der Waals surface area contributed by atoms with E-state index in [1.807, 2.05) is 0 Å². The van der Waals surface area contributed by atoms with E-state index in [-0.39, 0.29) is 0 Å². The molecular formula is C15H15F3N2O2. The van der Waals surface area contributed by atoms with E-state index < -0.39 is 35.1 Å². The van der Waals surface area contributed by atoms with Crippen molar-refractivity contribution >= 4 is 11.6 Å². The van der Waals surface area contributed by atoms with E-state index in [2.05, 4.69) is 5.32 Å². The first kappa shape index (κ1) is 16.1. The summed E-state index contributed by atoms with van der Waals surface area (Å²) in [6.45, 7) is 1.98. The predicted octanol–water partition coefficient (Wildman–Crippen LogP) is 3.16. The van der Waals surface area contributed by atoms with Gasteiger partial charge in [0.05, 0.1) is 24.5 Å². The standard InChI is InChI=1S/C15H15F3N2O2/c1-9(20(2)8-10-4-3-7-22-10)15(21)19-12-6-5-11(16)13(17)14(12)18/h3-7,9H,8H2,1-2H3,(H,19,21)/t9-/m1/s1. The number of nitrogens with one attached hydrogen (secondary N) is 1. The summed E-state index contributed by atoms with van der Waals surface area (Å²) in [4.78, 5) is 13.7. The number of rotatable bonds is 5. The largest absolute Gasteiger partial charge is 0.468 e. The van der Waals surface area contributed by atoms with E-state index in [9.17, 15) is 18.0 Å². The number of nitrogens with zero attached hydrogens (tertiary/aromatic N) is 1. The SMILES string of the molecule is C[C@H](C(=O)Nc1ccc(F)c(F)c1F)N(C)Cc1ccco1. The highest BCUT2D eigenvalue weighted by Gasteiger charge is 2.21. The molecule has 0 saturated carbocycles. The van der Waals surface area contributed by atoms with Gasteiger partial charge in [-0.3, -0.25) is 9.69 Å². The van der Waals surface area contributed by atoms with Crippen LogP contribution in [0.3, 0.4) is 0 Å². The first-order chi connectivity index (χ1) is 10.4. The fourth-order valence-electron chi connectivity index (χ4n) is 1.85. The van der Waals surface area contributed by atoms with Gasteiger partial charge in [0.2, 0.25) is 5.91 Å². The number of benzene rings is 1. The van der Waals surface area contributed by atoms with Gasteiger partial charge in [-0.2, -0.15) is 0 Å². The van der Waals surface area contributed by atoms with Gasteiger partial charge in [0.1, 0.15) is 5.76 Å². The smallest absolute Gasteiger partial charge is 0.241 e. The van der Waals surface area contributed by atoms with Crippen LogP contribution >= 0.6 is 0 Å². The van der Waals surface area contributed by atoms with Crippen molar-refractivity contribution in [3.8, 4) is 0 Å². The molecule has 0 fully saturated rings. The molecule has 0 aliphatic rings. The Labute approximate surface area is 125 Å². The molecule has 7 heteroatoms. The second kappa shape index (κ2) is 6.65. The first-order valence-electron chi connectivity index (χ1n) is 6.57. The number of carbonyl (C=O) groups is 1. The van der Waals surface area contributed by atoms with Gasteiger partial charge in [-0.25, -0.2) is 13.2 Å². The van der Waals surface area contributed by atoms with Crippen LogP contribution < -0.4 is 5.32 Å². The molecule has 0 radical (unpaired) electrons. The highest BCUT2D eigenvalue weighted by Crippen LogP contribution is 2.20. The second-order valence-electron chi connectivity index (χ2n) is 4.88. The third-order valence-corrected chi connectivity index (χ3v) is 3.32. The Hall–Kier alpha value is -2.28. The minimum atomic E-state index is -1.62. The minimum absolute atomic E-state index is 0.377. The molecule has 1 amide bonds. The van der Waals surface area contributed by atoms with Gasteiger partial charge >= 0.3 is 0 Å². The van der Waals surface area contributed by atoms with Gasteiger partial charge < -0.3 is 9.73 Å². The first-order valence-corrected chi connectivity index (χ1v) is 6.57. The van der Waals surface area contributed by atoms with E-state index in [0.29, 0.717) is 12.3 Å². The van der Waals surface area contributed by atoms with Gasteiger partial charge in [0.25, 0.3) is 0 Å². The predicted molar refractivity (Wildman–Crippen MR) is 74.6 cm³/mol. The molecule has 22 heavy (non-hydrogen) atoms. The van der Waals surface area contributed by atoms with E-state index in [0.717, 1.165) is 12.1 Å². The minimum Gasteiger partial charge on any atom is -0.468 e. The van der Waals surface area contributed by atoms with Crippen LogP contribution in [0.15, 0.2) is 34.9 Å². The summed E-state index contributed by atoms with van der Waals surface area (Å²) in [5.41, 5.74) is -0.401. The van der Waals surface area contributed by atoms with Gasteiger partial charge in [-0.1, -0.05) is 0 Å². The molecule has 4 nitrogen and oxygen atoms in total. The quantitative estimate of drug-likeness (QED) is 0.863. The molecule has 0 unspecified atom stereocenters. The number of hydrogen-bond donors (Lipinski definition) is 1. The zero-order valence-corrected chi connectivity index (χ0v) is 12.1. The maximum absolute atomic E-state index is 13.5. The van der Waals surface area contributed by atoms with Crippen LogP contribution in [0.5, 0.6) is 0 Å². The van der Waals surface area contributed by atoms with Crippen LogP contribution in [0.1, 0.15) is 12.7 Å². The Morgan fingerprint density at radius 1 is 1.27 bits per heavy atom. The van der Waals surface area contributed by atoms with Crippen LogP contribution in [0.4, 0.5) is 18.9 Å². The molecule has 2 aromatic rings. The van der Waals surface area contributed by atoms with Crippen LogP contribution in [0.2, 0.25) is 0 Å². The van der Waals surface area contributed by atoms with Crippen molar-refractivity contribution in [2.45, 2.75) is 19.5 Å². The number of amides is 1. The lowest BCUT2D eigenvalue weighted by atomic mass is 10.2. The number of furan rings is 1. The summed E-state index contributed by atoms with van der Waals surface area (Å²) >= 11 is 0. The number of likely N-dealkylation sites (N-methyl/N-ethyl adjacent to an activating group) is 1. The Morgan fingerprint density at radius 2 is 2.00 bits per heavy atom. The fourth-order valence-corrected chi connectivity index (χ4v) is 1.85. The van der Waals surface area contributed by atoms with E-state index in [4.69, 9.17) is 4.42 Å². The second-order valence-corrected chi connectivity index (χ2v) is 4.88. The van der Waals surface area contributed by atoms with Crippen LogP contribution in [-0.2, 0) is 11.3 Å². The maximum atomic E-state index is 13.5. The van der Waals surface area contributed by atoms with Crippen LogP contribution in [0, 0.1) is 17.5 Å². The van der Waals surface area contributed by atoms with E-state index >= 15 is 0 Å². The Bertz CT molecular complexity index is 659. The molecule has 2 rings (SSSR count). The van der Waals surface area contributed by atoms with Crippen molar-refractivity contribution in [1.82, 2.24) is 4.90 Å². The van der Waals surface area contributed by atoms with Crippen molar-refractivity contribution in [3.05, 3.63) is 53.7 Å².